The second kappa shape index (κ2) is 8.13. The molecule has 2 amide bonds. The van der Waals surface area contributed by atoms with E-state index in [9.17, 15) is 19.7 Å². The van der Waals surface area contributed by atoms with Crippen LogP contribution in [0, 0.1) is 10.1 Å². The Kier molecular flexibility index (Phi) is 6.16. The number of likely N-dealkylation sites (N-methyl/N-ethyl adjacent to an activating group) is 1. The van der Waals surface area contributed by atoms with Crippen LogP contribution in [-0.2, 0) is 11.3 Å². The van der Waals surface area contributed by atoms with Gasteiger partial charge in [-0.15, -0.1) is 0 Å². The van der Waals surface area contributed by atoms with Crippen LogP contribution in [0.4, 0.5) is 5.69 Å². The number of halogens is 2. The van der Waals surface area contributed by atoms with E-state index in [1.165, 1.54) is 36.2 Å². The lowest BCUT2D eigenvalue weighted by atomic mass is 10.2. The molecule has 1 aromatic heterocycles. The van der Waals surface area contributed by atoms with Crippen LogP contribution in [0.1, 0.15) is 16.1 Å². The van der Waals surface area contributed by atoms with Crippen LogP contribution in [0.5, 0.6) is 0 Å². The molecule has 25 heavy (non-hydrogen) atoms. The average Bonchev–Trinajstić information content (AvgIpc) is 3.00. The Balaban J connectivity index is 1.95. The van der Waals surface area contributed by atoms with E-state index in [1.54, 1.807) is 6.07 Å². The number of carbonyl (C=O) groups excluding carboxylic acids is 2. The van der Waals surface area contributed by atoms with Crippen molar-refractivity contribution in [2.24, 2.45) is 0 Å². The highest BCUT2D eigenvalue weighted by molar-refractivity contribution is 9.10. The number of carbonyl (C=O) groups is 2. The minimum Gasteiger partial charge on any atom is -0.444 e. The highest BCUT2D eigenvalue weighted by Gasteiger charge is 2.17. The number of nitro groups is 1. The van der Waals surface area contributed by atoms with Crippen molar-refractivity contribution in [3.8, 4) is 0 Å². The average molecular weight is 431 g/mol. The van der Waals surface area contributed by atoms with E-state index in [0.717, 1.165) is 0 Å². The molecule has 8 nitrogen and oxygen atoms in total. The number of furan rings is 1. The van der Waals surface area contributed by atoms with Crippen LogP contribution in [0.3, 0.4) is 0 Å². The quantitative estimate of drug-likeness (QED) is 0.560. The summed E-state index contributed by atoms with van der Waals surface area (Å²) >= 11 is 9.09. The van der Waals surface area contributed by atoms with Crippen molar-refractivity contribution in [1.82, 2.24) is 10.2 Å². The minimum absolute atomic E-state index is 0.0709. The maximum absolute atomic E-state index is 12.1. The number of nitrogens with one attached hydrogen (secondary N) is 1. The van der Waals surface area contributed by atoms with Gasteiger partial charge in [-0.2, -0.15) is 0 Å². The Morgan fingerprint density at radius 2 is 2.08 bits per heavy atom. The molecule has 0 saturated carbocycles. The summed E-state index contributed by atoms with van der Waals surface area (Å²) < 4.78 is 5.49. The van der Waals surface area contributed by atoms with Gasteiger partial charge in [-0.25, -0.2) is 0 Å². The molecule has 0 unspecified atom stereocenters. The number of non-ortho nitro benzene ring substituents is 1. The standard InChI is InChI=1S/C15H13BrClN3O5/c1-19(8-9-6-10(20(23)24)2-3-11(9)17)14(21)7-18-15(22)12-4-5-13(16)25-12/h2-6H,7-8H2,1H3,(H,18,22). The summed E-state index contributed by atoms with van der Waals surface area (Å²) in [7, 11) is 1.51. The number of benzene rings is 1. The van der Waals surface area contributed by atoms with Gasteiger partial charge in [0.05, 0.1) is 11.5 Å². The second-order valence-electron chi connectivity index (χ2n) is 5.07. The first kappa shape index (κ1) is 18.9. The third kappa shape index (κ3) is 5.04. The van der Waals surface area contributed by atoms with Gasteiger partial charge in [0.15, 0.2) is 10.4 Å². The van der Waals surface area contributed by atoms with Gasteiger partial charge >= 0.3 is 0 Å². The maximum atomic E-state index is 12.1. The molecular weight excluding hydrogens is 418 g/mol. The highest BCUT2D eigenvalue weighted by Crippen LogP contribution is 2.23. The molecule has 1 heterocycles. The first-order chi connectivity index (χ1) is 11.8. The summed E-state index contributed by atoms with van der Waals surface area (Å²) in [6.45, 7) is -0.179. The van der Waals surface area contributed by atoms with Gasteiger partial charge in [0, 0.05) is 30.7 Å². The predicted molar refractivity (Wildman–Crippen MR) is 93.3 cm³/mol. The Labute approximate surface area is 156 Å². The normalized spacial score (nSPS) is 10.4. The maximum Gasteiger partial charge on any atom is 0.287 e. The zero-order chi connectivity index (χ0) is 18.6. The van der Waals surface area contributed by atoms with Crippen LogP contribution in [0.25, 0.3) is 0 Å². The van der Waals surface area contributed by atoms with E-state index in [4.69, 9.17) is 16.0 Å². The fourth-order valence-corrected chi connectivity index (χ4v) is 2.44. The molecule has 0 radical (unpaired) electrons. The Morgan fingerprint density at radius 3 is 2.68 bits per heavy atom. The third-order valence-corrected chi connectivity index (χ3v) is 4.07. The van der Waals surface area contributed by atoms with E-state index < -0.39 is 10.8 Å². The summed E-state index contributed by atoms with van der Waals surface area (Å²) in [5.74, 6) is -0.841. The van der Waals surface area contributed by atoms with Gasteiger partial charge < -0.3 is 14.6 Å². The number of rotatable bonds is 6. The fourth-order valence-electron chi connectivity index (χ4n) is 1.95. The molecule has 0 aliphatic heterocycles. The number of nitro benzene ring substituents is 1. The van der Waals surface area contributed by atoms with E-state index in [0.29, 0.717) is 15.3 Å². The largest absolute Gasteiger partial charge is 0.444 e. The SMILES string of the molecule is CN(Cc1cc([N+](=O)[O-])ccc1Cl)C(=O)CNC(=O)c1ccc(Br)o1. The molecule has 0 fully saturated rings. The van der Waals surface area contributed by atoms with Crippen molar-refractivity contribution in [3.05, 3.63) is 61.5 Å². The Morgan fingerprint density at radius 1 is 1.36 bits per heavy atom. The lowest BCUT2D eigenvalue weighted by Crippen LogP contribution is -2.37. The van der Waals surface area contributed by atoms with E-state index in [-0.39, 0.29) is 30.4 Å². The van der Waals surface area contributed by atoms with Crippen molar-refractivity contribution in [2.45, 2.75) is 6.54 Å². The zero-order valence-corrected chi connectivity index (χ0v) is 15.3. The first-order valence-corrected chi connectivity index (χ1v) is 8.15. The number of amides is 2. The van der Waals surface area contributed by atoms with Gasteiger partial charge in [-0.1, -0.05) is 11.6 Å². The van der Waals surface area contributed by atoms with Gasteiger partial charge in [0.25, 0.3) is 11.6 Å². The fraction of sp³-hybridized carbons (Fsp3) is 0.200. The predicted octanol–water partition coefficient (Wildman–Crippen LogP) is 2.99. The highest BCUT2D eigenvalue weighted by atomic mass is 79.9. The first-order valence-electron chi connectivity index (χ1n) is 6.98. The van der Waals surface area contributed by atoms with Crippen molar-refractivity contribution in [3.63, 3.8) is 0 Å². The summed E-state index contributed by atoms with van der Waals surface area (Å²) in [6.07, 6.45) is 0. The summed E-state index contributed by atoms with van der Waals surface area (Å²) in [5, 5.41) is 13.6. The van der Waals surface area contributed by atoms with Crippen LogP contribution in [0.15, 0.2) is 39.4 Å². The molecule has 0 aliphatic carbocycles. The number of nitrogens with zero attached hydrogens (tertiary/aromatic N) is 2. The topological polar surface area (TPSA) is 106 Å². The molecule has 2 aromatic rings. The Bertz CT molecular complexity index is 823. The number of hydrogen-bond donors (Lipinski definition) is 1. The van der Waals surface area contributed by atoms with Gasteiger partial charge in [-0.05, 0) is 39.7 Å². The summed E-state index contributed by atoms with van der Waals surface area (Å²) in [5.41, 5.74) is 0.324. The van der Waals surface area contributed by atoms with Crippen LogP contribution >= 0.6 is 27.5 Å². The molecular formula is C15H13BrClN3O5. The molecule has 132 valence electrons. The monoisotopic (exact) mass is 429 g/mol. The summed E-state index contributed by atoms with van der Waals surface area (Å²) in [4.78, 5) is 35.5. The molecule has 10 heteroatoms. The number of hydrogen-bond acceptors (Lipinski definition) is 5. The van der Waals surface area contributed by atoms with E-state index >= 15 is 0 Å². The van der Waals surface area contributed by atoms with Crippen LogP contribution < -0.4 is 5.32 Å². The third-order valence-electron chi connectivity index (χ3n) is 3.27. The molecule has 0 spiro atoms. The van der Waals surface area contributed by atoms with Crippen molar-refractivity contribution < 1.29 is 18.9 Å². The summed E-state index contributed by atoms with van der Waals surface area (Å²) in [6, 6.07) is 7.04. The van der Waals surface area contributed by atoms with Crippen LogP contribution in [-0.4, -0.2) is 35.2 Å². The van der Waals surface area contributed by atoms with Crippen molar-refractivity contribution in [2.75, 3.05) is 13.6 Å². The lowest BCUT2D eigenvalue weighted by Gasteiger charge is -2.18. The molecule has 2 rings (SSSR count). The van der Waals surface area contributed by atoms with E-state index in [2.05, 4.69) is 21.2 Å². The van der Waals surface area contributed by atoms with Gasteiger partial charge in [0.1, 0.15) is 0 Å². The zero-order valence-electron chi connectivity index (χ0n) is 13.0. The van der Waals surface area contributed by atoms with Gasteiger partial charge in [-0.3, -0.25) is 19.7 Å². The molecule has 0 bridgehead atoms. The second-order valence-corrected chi connectivity index (χ2v) is 6.26. The molecule has 1 aromatic carbocycles. The van der Waals surface area contributed by atoms with Crippen LogP contribution in [0.2, 0.25) is 5.02 Å². The van der Waals surface area contributed by atoms with E-state index in [1.807, 2.05) is 0 Å². The minimum atomic E-state index is -0.538. The molecule has 0 atom stereocenters. The Hall–Kier alpha value is -2.39. The van der Waals surface area contributed by atoms with Crippen molar-refractivity contribution in [1.29, 1.82) is 0 Å². The smallest absolute Gasteiger partial charge is 0.287 e. The molecule has 0 saturated heterocycles. The molecule has 0 aliphatic rings. The van der Waals surface area contributed by atoms with Crippen molar-refractivity contribution >= 4 is 45.0 Å². The van der Waals surface area contributed by atoms with Gasteiger partial charge in [0.2, 0.25) is 5.91 Å². The molecule has 1 N–H and O–H groups in total. The lowest BCUT2D eigenvalue weighted by molar-refractivity contribution is -0.384.